The summed E-state index contributed by atoms with van der Waals surface area (Å²) in [7, 11) is 1.62. The molecule has 0 saturated carbocycles. The molecule has 1 N–H and O–H groups in total. The quantitative estimate of drug-likeness (QED) is 0.260. The number of nitrogens with zero attached hydrogens (tertiary/aromatic N) is 1. The number of ether oxygens (including phenoxy) is 2. The molecule has 0 radical (unpaired) electrons. The Hall–Kier alpha value is -2.81. The number of nitrogens with one attached hydrogen (secondary N) is 1. The van der Waals surface area contributed by atoms with Crippen LogP contribution in [-0.4, -0.2) is 12.0 Å². The van der Waals surface area contributed by atoms with Crippen molar-refractivity contribution in [2.75, 3.05) is 12.4 Å². The minimum absolute atomic E-state index is 0.0710. The van der Waals surface area contributed by atoms with Gasteiger partial charge in [0.25, 0.3) is 5.69 Å². The summed E-state index contributed by atoms with van der Waals surface area (Å²) in [5.74, 6) is 1.38. The second kappa shape index (κ2) is 9.41. The molecule has 0 aliphatic carbocycles. The van der Waals surface area contributed by atoms with Gasteiger partial charge < -0.3 is 14.8 Å². The van der Waals surface area contributed by atoms with Crippen molar-refractivity contribution in [2.45, 2.75) is 13.2 Å². The number of hydrogen-bond donors (Lipinski definition) is 1. The molecule has 0 aliphatic heterocycles. The molecule has 0 bridgehead atoms. The first-order valence-corrected chi connectivity index (χ1v) is 9.66. The molecule has 7 heteroatoms. The predicted molar refractivity (Wildman–Crippen MR) is 117 cm³/mol. The third-order valence-corrected chi connectivity index (χ3v) is 4.89. The van der Waals surface area contributed by atoms with Crippen LogP contribution >= 0.6 is 22.6 Å². The Morgan fingerprint density at radius 1 is 1.04 bits per heavy atom. The Morgan fingerprint density at radius 2 is 1.75 bits per heavy atom. The summed E-state index contributed by atoms with van der Waals surface area (Å²) in [6.07, 6.45) is 0. The van der Waals surface area contributed by atoms with Gasteiger partial charge in [0.15, 0.2) is 11.5 Å². The van der Waals surface area contributed by atoms with Gasteiger partial charge in [0, 0.05) is 24.4 Å². The maximum absolute atomic E-state index is 10.7. The molecule has 3 aromatic rings. The van der Waals surface area contributed by atoms with E-state index >= 15 is 0 Å². The van der Waals surface area contributed by atoms with Crippen molar-refractivity contribution in [1.29, 1.82) is 0 Å². The fourth-order valence-electron chi connectivity index (χ4n) is 2.65. The SMILES string of the molecule is COc1cc(CNc2ccc([N+](=O)[O-])cc2)cc(I)c1OCc1ccccc1. The number of anilines is 1. The van der Waals surface area contributed by atoms with Crippen molar-refractivity contribution in [1.82, 2.24) is 0 Å². The van der Waals surface area contributed by atoms with Gasteiger partial charge in [-0.2, -0.15) is 0 Å². The van der Waals surface area contributed by atoms with Crippen molar-refractivity contribution >= 4 is 34.0 Å². The summed E-state index contributed by atoms with van der Waals surface area (Å²) in [6.45, 7) is 1.02. The highest BCUT2D eigenvalue weighted by atomic mass is 127. The van der Waals surface area contributed by atoms with Crippen LogP contribution in [0.15, 0.2) is 66.7 Å². The van der Waals surface area contributed by atoms with Crippen LogP contribution in [0, 0.1) is 13.7 Å². The minimum atomic E-state index is -0.412. The fourth-order valence-corrected chi connectivity index (χ4v) is 3.47. The largest absolute Gasteiger partial charge is 0.493 e. The molecule has 0 aliphatic rings. The van der Waals surface area contributed by atoms with Gasteiger partial charge in [0.1, 0.15) is 6.61 Å². The lowest BCUT2D eigenvalue weighted by Gasteiger charge is -2.15. The van der Waals surface area contributed by atoms with E-state index in [1.807, 2.05) is 42.5 Å². The van der Waals surface area contributed by atoms with Crippen LogP contribution in [-0.2, 0) is 13.2 Å². The second-order valence-electron chi connectivity index (χ2n) is 6.04. The zero-order valence-electron chi connectivity index (χ0n) is 15.2. The first-order chi connectivity index (χ1) is 13.6. The molecule has 3 rings (SSSR count). The van der Waals surface area contributed by atoms with Crippen LogP contribution in [0.3, 0.4) is 0 Å². The van der Waals surface area contributed by atoms with Crippen LogP contribution in [0.2, 0.25) is 0 Å². The summed E-state index contributed by atoms with van der Waals surface area (Å²) in [4.78, 5) is 10.3. The van der Waals surface area contributed by atoms with Crippen molar-refractivity contribution in [3.8, 4) is 11.5 Å². The van der Waals surface area contributed by atoms with E-state index in [1.54, 1.807) is 19.2 Å². The third kappa shape index (κ3) is 5.13. The van der Waals surface area contributed by atoms with Gasteiger partial charge >= 0.3 is 0 Å². The summed E-state index contributed by atoms with van der Waals surface area (Å²) in [6, 6.07) is 20.3. The van der Waals surface area contributed by atoms with Gasteiger partial charge in [-0.15, -0.1) is 0 Å². The molecule has 0 heterocycles. The van der Waals surface area contributed by atoms with E-state index in [-0.39, 0.29) is 5.69 Å². The summed E-state index contributed by atoms with van der Waals surface area (Å²) in [5.41, 5.74) is 2.99. The number of nitro groups is 1. The molecule has 3 aromatic carbocycles. The molecule has 0 atom stereocenters. The predicted octanol–water partition coefficient (Wildman–Crippen LogP) is 5.40. The molecule has 0 aromatic heterocycles. The maximum atomic E-state index is 10.7. The molecule has 0 unspecified atom stereocenters. The zero-order chi connectivity index (χ0) is 19.9. The lowest BCUT2D eigenvalue weighted by molar-refractivity contribution is -0.384. The fraction of sp³-hybridized carbons (Fsp3) is 0.143. The van der Waals surface area contributed by atoms with E-state index in [0.717, 1.165) is 20.4 Å². The van der Waals surface area contributed by atoms with Crippen molar-refractivity contribution in [2.24, 2.45) is 0 Å². The maximum Gasteiger partial charge on any atom is 0.269 e. The van der Waals surface area contributed by atoms with E-state index < -0.39 is 4.92 Å². The molecule has 28 heavy (non-hydrogen) atoms. The number of nitro benzene ring substituents is 1. The van der Waals surface area contributed by atoms with Crippen LogP contribution in [0.25, 0.3) is 0 Å². The molecular weight excluding hydrogens is 471 g/mol. The highest BCUT2D eigenvalue weighted by molar-refractivity contribution is 14.1. The van der Waals surface area contributed by atoms with E-state index in [9.17, 15) is 10.1 Å². The Bertz CT molecular complexity index is 947. The molecule has 0 amide bonds. The Labute approximate surface area is 176 Å². The second-order valence-corrected chi connectivity index (χ2v) is 7.20. The molecular formula is C21H19IN2O4. The number of methoxy groups -OCH3 is 1. The molecule has 144 valence electrons. The smallest absolute Gasteiger partial charge is 0.269 e. The monoisotopic (exact) mass is 490 g/mol. The lowest BCUT2D eigenvalue weighted by atomic mass is 10.2. The summed E-state index contributed by atoms with van der Waals surface area (Å²) in [5, 5.41) is 14.0. The number of hydrogen-bond acceptors (Lipinski definition) is 5. The molecule has 0 fully saturated rings. The first-order valence-electron chi connectivity index (χ1n) is 8.58. The molecule has 0 saturated heterocycles. The number of halogens is 1. The normalized spacial score (nSPS) is 10.4. The highest BCUT2D eigenvalue weighted by Gasteiger charge is 2.12. The Kier molecular flexibility index (Phi) is 6.70. The van der Waals surface area contributed by atoms with E-state index in [4.69, 9.17) is 9.47 Å². The van der Waals surface area contributed by atoms with E-state index in [1.165, 1.54) is 12.1 Å². The van der Waals surface area contributed by atoms with Crippen molar-refractivity contribution in [3.63, 3.8) is 0 Å². The van der Waals surface area contributed by atoms with Crippen molar-refractivity contribution < 1.29 is 14.4 Å². The number of rotatable bonds is 8. The standard InChI is InChI=1S/C21H19IN2O4/c1-27-20-12-16(13-23-17-7-9-18(10-8-17)24(25)26)11-19(22)21(20)28-14-15-5-3-2-4-6-15/h2-12,23H,13-14H2,1H3. The van der Waals surface area contributed by atoms with Crippen molar-refractivity contribution in [3.05, 3.63) is 91.5 Å². The van der Waals surface area contributed by atoms with Gasteiger partial charge in [-0.3, -0.25) is 10.1 Å². The van der Waals surface area contributed by atoms with E-state index in [2.05, 4.69) is 27.9 Å². The van der Waals surface area contributed by atoms with Crippen LogP contribution in [0.5, 0.6) is 11.5 Å². The number of benzene rings is 3. The Balaban J connectivity index is 1.69. The van der Waals surface area contributed by atoms with Gasteiger partial charge in [0.2, 0.25) is 0 Å². The average Bonchev–Trinajstić information content (AvgIpc) is 2.72. The van der Waals surface area contributed by atoms with Crippen LogP contribution in [0.4, 0.5) is 11.4 Å². The molecule has 6 nitrogen and oxygen atoms in total. The summed E-state index contributed by atoms with van der Waals surface area (Å²) < 4.78 is 12.5. The zero-order valence-corrected chi connectivity index (χ0v) is 17.4. The van der Waals surface area contributed by atoms with E-state index in [0.29, 0.717) is 24.7 Å². The van der Waals surface area contributed by atoms with Crippen LogP contribution < -0.4 is 14.8 Å². The third-order valence-electron chi connectivity index (χ3n) is 4.09. The van der Waals surface area contributed by atoms with Crippen LogP contribution in [0.1, 0.15) is 11.1 Å². The molecule has 0 spiro atoms. The average molecular weight is 490 g/mol. The Morgan fingerprint density at radius 3 is 2.39 bits per heavy atom. The minimum Gasteiger partial charge on any atom is -0.493 e. The topological polar surface area (TPSA) is 73.6 Å². The lowest BCUT2D eigenvalue weighted by Crippen LogP contribution is -2.03. The summed E-state index contributed by atoms with van der Waals surface area (Å²) >= 11 is 2.24. The van der Waals surface area contributed by atoms with Gasteiger partial charge in [0.05, 0.1) is 15.6 Å². The number of non-ortho nitro benzene ring substituents is 1. The highest BCUT2D eigenvalue weighted by Crippen LogP contribution is 2.34. The van der Waals surface area contributed by atoms with Gasteiger partial charge in [-0.1, -0.05) is 30.3 Å². The first kappa shape index (κ1) is 19.9. The van der Waals surface area contributed by atoms with Gasteiger partial charge in [-0.05, 0) is 58.0 Å². The van der Waals surface area contributed by atoms with Gasteiger partial charge in [-0.25, -0.2) is 0 Å².